The van der Waals surface area contributed by atoms with Gasteiger partial charge in [-0.3, -0.25) is 0 Å². The average Bonchev–Trinajstić information content (AvgIpc) is 3.64. The second-order valence-corrected chi connectivity index (χ2v) is 9.82. The van der Waals surface area contributed by atoms with Crippen LogP contribution in [0.4, 0.5) is 4.39 Å². The Labute approximate surface area is 187 Å². The average molecular weight is 434 g/mol. The van der Waals surface area contributed by atoms with E-state index >= 15 is 0 Å². The summed E-state index contributed by atoms with van der Waals surface area (Å²) in [7, 11) is 1.66. The largest absolute Gasteiger partial charge is 0.490 e. The zero-order valence-electron chi connectivity index (χ0n) is 18.6. The number of methoxy groups -OCH3 is 1. The molecule has 2 aromatic carbocycles. The number of fused-ring (bicyclic) bond motifs is 1. The van der Waals surface area contributed by atoms with Crippen molar-refractivity contribution in [3.8, 4) is 22.8 Å². The minimum atomic E-state index is -0.224. The summed E-state index contributed by atoms with van der Waals surface area (Å²) in [5, 5.41) is 4.86. The maximum atomic E-state index is 14.4. The number of rotatable bonds is 7. The molecule has 6 rings (SSSR count). The van der Waals surface area contributed by atoms with E-state index in [0.29, 0.717) is 41.3 Å². The molecule has 0 aliphatic heterocycles. The van der Waals surface area contributed by atoms with Crippen LogP contribution in [0.3, 0.4) is 0 Å². The molecule has 32 heavy (non-hydrogen) atoms. The Balaban J connectivity index is 1.37. The van der Waals surface area contributed by atoms with Gasteiger partial charge in [-0.1, -0.05) is 18.2 Å². The van der Waals surface area contributed by atoms with E-state index in [2.05, 4.69) is 0 Å². The monoisotopic (exact) mass is 433 g/mol. The fraction of sp³-hybridized carbons (Fsp3) is 0.462. The first-order chi connectivity index (χ1) is 15.5. The highest BCUT2D eigenvalue weighted by molar-refractivity contribution is 5.64. The number of benzene rings is 2. The van der Waals surface area contributed by atoms with Gasteiger partial charge in [0.1, 0.15) is 24.0 Å². The van der Waals surface area contributed by atoms with Gasteiger partial charge in [-0.15, -0.1) is 5.10 Å². The number of hydrogen-bond acceptors (Lipinski definition) is 4. The fourth-order valence-electron chi connectivity index (χ4n) is 5.72. The van der Waals surface area contributed by atoms with E-state index in [1.807, 2.05) is 35.0 Å². The normalized spacial score (nSPS) is 24.5. The van der Waals surface area contributed by atoms with Gasteiger partial charge in [0.25, 0.3) is 0 Å². The van der Waals surface area contributed by atoms with Gasteiger partial charge >= 0.3 is 0 Å². The van der Waals surface area contributed by atoms with Crippen molar-refractivity contribution in [2.75, 3.05) is 20.3 Å². The molecular formula is C26H28FN3O2. The predicted molar refractivity (Wildman–Crippen MR) is 120 cm³/mol. The molecule has 2 spiro atoms. The molecule has 3 saturated carbocycles. The van der Waals surface area contributed by atoms with Crippen LogP contribution in [0.15, 0.2) is 42.5 Å². The van der Waals surface area contributed by atoms with Crippen LogP contribution in [0.5, 0.6) is 5.75 Å². The Morgan fingerprint density at radius 3 is 2.62 bits per heavy atom. The second kappa shape index (κ2) is 7.14. The molecule has 1 aromatic heterocycles. The SMILES string of the molecule is COCCOc1ccccc1-c1nc(C2CC3(C2)CC32CC2)n(-c2ccc(C)c(F)c2)n1. The standard InChI is InChI=1S/C26H28FN3O2/c1-17-7-8-19(13-21(17)27)30-24(18-14-26(15-18)16-25(26)9-10-25)28-23(29-30)20-5-3-4-6-22(20)32-12-11-31-2/h3-8,13,18H,9-12,14-16H2,1-2H3. The van der Waals surface area contributed by atoms with Crippen molar-refractivity contribution in [2.24, 2.45) is 10.8 Å². The van der Waals surface area contributed by atoms with Crippen molar-refractivity contribution in [3.63, 3.8) is 0 Å². The van der Waals surface area contributed by atoms with Crippen LogP contribution in [0, 0.1) is 23.6 Å². The highest BCUT2D eigenvalue weighted by atomic mass is 19.1. The lowest BCUT2D eigenvalue weighted by molar-refractivity contribution is 0.146. The van der Waals surface area contributed by atoms with Gasteiger partial charge in [-0.05, 0) is 79.7 Å². The van der Waals surface area contributed by atoms with Gasteiger partial charge in [0.05, 0.1) is 17.9 Å². The smallest absolute Gasteiger partial charge is 0.185 e. The molecule has 3 aliphatic carbocycles. The van der Waals surface area contributed by atoms with Crippen LogP contribution in [0.1, 0.15) is 49.4 Å². The minimum absolute atomic E-state index is 0.224. The predicted octanol–water partition coefficient (Wildman–Crippen LogP) is 5.45. The Morgan fingerprint density at radius 2 is 1.91 bits per heavy atom. The van der Waals surface area contributed by atoms with E-state index in [4.69, 9.17) is 19.6 Å². The van der Waals surface area contributed by atoms with Gasteiger partial charge in [0.15, 0.2) is 5.82 Å². The first-order valence-electron chi connectivity index (χ1n) is 11.5. The zero-order chi connectivity index (χ0) is 21.9. The number of aromatic nitrogens is 3. The summed E-state index contributed by atoms with van der Waals surface area (Å²) in [5.74, 6) is 2.42. The van der Waals surface area contributed by atoms with Crippen molar-refractivity contribution >= 4 is 0 Å². The number of hydrogen-bond donors (Lipinski definition) is 0. The number of halogens is 1. The van der Waals surface area contributed by atoms with Gasteiger partial charge in [0, 0.05) is 13.0 Å². The van der Waals surface area contributed by atoms with Crippen LogP contribution >= 0.6 is 0 Å². The molecule has 0 saturated heterocycles. The first kappa shape index (κ1) is 19.9. The number of ether oxygens (including phenoxy) is 2. The number of nitrogens with zero attached hydrogens (tertiary/aromatic N) is 3. The molecule has 0 N–H and O–H groups in total. The summed E-state index contributed by atoms with van der Waals surface area (Å²) in [6, 6.07) is 13.1. The maximum Gasteiger partial charge on any atom is 0.185 e. The maximum absolute atomic E-state index is 14.4. The Hall–Kier alpha value is -2.73. The summed E-state index contributed by atoms with van der Waals surface area (Å²) in [5.41, 5.74) is 3.40. The lowest BCUT2D eigenvalue weighted by Crippen LogP contribution is -2.28. The first-order valence-corrected chi connectivity index (χ1v) is 11.5. The summed E-state index contributed by atoms with van der Waals surface area (Å²) in [4.78, 5) is 5.00. The molecule has 3 aliphatic rings. The highest BCUT2D eigenvalue weighted by Gasteiger charge is 2.77. The van der Waals surface area contributed by atoms with E-state index in [0.717, 1.165) is 22.8 Å². The third kappa shape index (κ3) is 3.07. The summed E-state index contributed by atoms with van der Waals surface area (Å²) >= 11 is 0. The van der Waals surface area contributed by atoms with Crippen LogP contribution in [0.25, 0.3) is 17.1 Å². The molecule has 1 heterocycles. The molecule has 5 nitrogen and oxygen atoms in total. The third-order valence-corrected chi connectivity index (χ3v) is 7.87. The van der Waals surface area contributed by atoms with Crippen LogP contribution in [0.2, 0.25) is 0 Å². The topological polar surface area (TPSA) is 49.2 Å². The quantitative estimate of drug-likeness (QED) is 0.465. The molecule has 0 radical (unpaired) electrons. The van der Waals surface area contributed by atoms with E-state index in [9.17, 15) is 4.39 Å². The summed E-state index contributed by atoms with van der Waals surface area (Å²) in [6.07, 6.45) is 6.52. The summed E-state index contributed by atoms with van der Waals surface area (Å²) in [6.45, 7) is 2.74. The van der Waals surface area contributed by atoms with Gasteiger partial charge in [-0.2, -0.15) is 0 Å². The molecular weight excluding hydrogens is 405 g/mol. The molecule has 6 heteroatoms. The van der Waals surface area contributed by atoms with Gasteiger partial charge in [-0.25, -0.2) is 14.1 Å². The Kier molecular flexibility index (Phi) is 4.44. The second-order valence-electron chi connectivity index (χ2n) is 9.82. The molecule has 3 fully saturated rings. The Bertz CT molecular complexity index is 1180. The van der Waals surface area contributed by atoms with Crippen molar-refractivity contribution in [3.05, 3.63) is 59.7 Å². The van der Waals surface area contributed by atoms with Crippen LogP contribution in [-0.2, 0) is 4.74 Å². The van der Waals surface area contributed by atoms with Crippen LogP contribution < -0.4 is 4.74 Å². The molecule has 0 atom stereocenters. The van der Waals surface area contributed by atoms with Crippen LogP contribution in [-0.4, -0.2) is 35.1 Å². The van der Waals surface area contributed by atoms with Crippen molar-refractivity contribution < 1.29 is 13.9 Å². The fourth-order valence-corrected chi connectivity index (χ4v) is 5.72. The third-order valence-electron chi connectivity index (χ3n) is 7.87. The highest BCUT2D eigenvalue weighted by Crippen LogP contribution is 2.87. The lowest BCUT2D eigenvalue weighted by Gasteiger charge is -2.36. The van der Waals surface area contributed by atoms with Crippen molar-refractivity contribution in [1.29, 1.82) is 0 Å². The lowest BCUT2D eigenvalue weighted by atomic mass is 9.69. The van der Waals surface area contributed by atoms with Crippen molar-refractivity contribution in [1.82, 2.24) is 14.8 Å². The summed E-state index contributed by atoms with van der Waals surface area (Å²) < 4.78 is 27.3. The van der Waals surface area contributed by atoms with E-state index < -0.39 is 0 Å². The Morgan fingerprint density at radius 1 is 1.09 bits per heavy atom. The van der Waals surface area contributed by atoms with Crippen molar-refractivity contribution in [2.45, 2.75) is 44.9 Å². The van der Waals surface area contributed by atoms with E-state index in [1.165, 1.54) is 32.1 Å². The molecule has 166 valence electrons. The number of aryl methyl sites for hydroxylation is 1. The van der Waals surface area contributed by atoms with Gasteiger partial charge in [0.2, 0.25) is 0 Å². The molecule has 0 bridgehead atoms. The minimum Gasteiger partial charge on any atom is -0.490 e. The van der Waals surface area contributed by atoms with E-state index in [-0.39, 0.29) is 5.82 Å². The van der Waals surface area contributed by atoms with E-state index in [1.54, 1.807) is 26.2 Å². The van der Waals surface area contributed by atoms with Gasteiger partial charge < -0.3 is 9.47 Å². The molecule has 3 aromatic rings. The molecule has 0 amide bonds. The molecule has 0 unspecified atom stereocenters. The zero-order valence-corrected chi connectivity index (χ0v) is 18.6. The number of para-hydroxylation sites is 1.